The Morgan fingerprint density at radius 3 is 2.76 bits per heavy atom. The van der Waals surface area contributed by atoms with Gasteiger partial charge >= 0.3 is 0 Å². The van der Waals surface area contributed by atoms with Crippen LogP contribution in [0.3, 0.4) is 0 Å². The minimum absolute atomic E-state index is 0.0195. The summed E-state index contributed by atoms with van der Waals surface area (Å²) in [5.41, 5.74) is 1.94. The number of halogens is 1. The topological polar surface area (TPSA) is 110 Å². The zero-order valence-corrected chi connectivity index (χ0v) is 13.3. The van der Waals surface area contributed by atoms with Crippen LogP contribution in [0.5, 0.6) is 0 Å². The van der Waals surface area contributed by atoms with Gasteiger partial charge in [-0.15, -0.1) is 0 Å². The van der Waals surface area contributed by atoms with Crippen molar-refractivity contribution in [3.63, 3.8) is 0 Å². The Labute approximate surface area is 131 Å². The molecular formula is C12H17ClN4O3S. The number of rotatable bonds is 7. The Balaban J connectivity index is 2.93. The second kappa shape index (κ2) is 8.06. The minimum Gasteiger partial charge on any atom is -0.352 e. The fourth-order valence-electron chi connectivity index (χ4n) is 1.72. The van der Waals surface area contributed by atoms with Gasteiger partial charge in [0, 0.05) is 18.2 Å². The number of nitro groups is 1. The molecule has 0 heterocycles. The molecule has 9 heteroatoms. The van der Waals surface area contributed by atoms with E-state index in [1.807, 2.05) is 13.2 Å². The monoisotopic (exact) mass is 332 g/mol. The van der Waals surface area contributed by atoms with E-state index < -0.39 is 10.8 Å². The second-order valence-corrected chi connectivity index (χ2v) is 5.84. The predicted molar refractivity (Wildman–Crippen MR) is 85.8 cm³/mol. The molecule has 0 saturated heterocycles. The van der Waals surface area contributed by atoms with Crippen molar-refractivity contribution in [1.29, 1.82) is 0 Å². The number of nitro benzene ring substituents is 1. The summed E-state index contributed by atoms with van der Waals surface area (Å²) in [6.45, 7) is 2.50. The zero-order valence-electron chi connectivity index (χ0n) is 11.7. The highest BCUT2D eigenvalue weighted by Gasteiger charge is 2.21. The number of thioether (sulfide) groups is 1. The number of carbonyl (C=O) groups is 1. The van der Waals surface area contributed by atoms with E-state index in [0.29, 0.717) is 12.5 Å². The van der Waals surface area contributed by atoms with Gasteiger partial charge in [-0.1, -0.05) is 18.5 Å². The summed E-state index contributed by atoms with van der Waals surface area (Å²) in [6.07, 6.45) is 1.99. The number of benzene rings is 1. The molecule has 0 saturated carbocycles. The fraction of sp³-hybridized carbons (Fsp3) is 0.417. The average molecular weight is 333 g/mol. The smallest absolute Gasteiger partial charge is 0.295 e. The van der Waals surface area contributed by atoms with E-state index in [2.05, 4.69) is 10.7 Å². The molecule has 21 heavy (non-hydrogen) atoms. The highest BCUT2D eigenvalue weighted by Crippen LogP contribution is 2.32. The maximum atomic E-state index is 12.0. The van der Waals surface area contributed by atoms with E-state index in [-0.39, 0.29) is 22.0 Å². The number of hydrogen-bond donors (Lipinski definition) is 3. The van der Waals surface area contributed by atoms with Gasteiger partial charge in [0.1, 0.15) is 5.69 Å². The van der Waals surface area contributed by atoms with Gasteiger partial charge in [-0.2, -0.15) is 11.8 Å². The molecule has 0 aromatic heterocycles. The molecule has 0 bridgehead atoms. The van der Waals surface area contributed by atoms with E-state index in [1.54, 1.807) is 11.8 Å². The molecule has 1 rings (SSSR count). The molecule has 0 aliphatic heterocycles. The van der Waals surface area contributed by atoms with E-state index in [9.17, 15) is 14.9 Å². The van der Waals surface area contributed by atoms with Gasteiger partial charge in [0.2, 0.25) is 0 Å². The van der Waals surface area contributed by atoms with Gasteiger partial charge in [-0.3, -0.25) is 20.8 Å². The second-order valence-electron chi connectivity index (χ2n) is 4.52. The molecule has 1 aromatic rings. The van der Waals surface area contributed by atoms with Crippen molar-refractivity contribution in [2.24, 2.45) is 11.8 Å². The van der Waals surface area contributed by atoms with Crippen LogP contribution >= 0.6 is 23.4 Å². The lowest BCUT2D eigenvalue weighted by molar-refractivity contribution is -0.384. The molecule has 116 valence electrons. The van der Waals surface area contributed by atoms with Crippen LogP contribution in [0.4, 0.5) is 11.4 Å². The first-order valence-corrected chi connectivity index (χ1v) is 7.89. The van der Waals surface area contributed by atoms with E-state index in [1.165, 1.54) is 6.07 Å². The molecule has 0 fully saturated rings. The summed E-state index contributed by atoms with van der Waals surface area (Å²) in [6, 6.07) is 2.49. The van der Waals surface area contributed by atoms with Crippen LogP contribution in [0.25, 0.3) is 0 Å². The van der Waals surface area contributed by atoms with Crippen LogP contribution in [0.15, 0.2) is 12.1 Å². The Hall–Kier alpha value is -1.51. The summed E-state index contributed by atoms with van der Waals surface area (Å²) in [5, 5.41) is 13.7. The maximum absolute atomic E-state index is 12.0. The van der Waals surface area contributed by atoms with Crippen LogP contribution in [0.1, 0.15) is 17.3 Å². The number of nitrogen functional groups attached to an aromatic ring is 1. The summed E-state index contributed by atoms with van der Waals surface area (Å²) >= 11 is 7.59. The first kappa shape index (κ1) is 17.5. The number of hydrazine groups is 1. The Kier molecular flexibility index (Phi) is 6.73. The minimum atomic E-state index is -0.645. The Morgan fingerprint density at radius 2 is 2.24 bits per heavy atom. The normalized spacial score (nSPS) is 11.8. The van der Waals surface area contributed by atoms with Crippen LogP contribution in [-0.2, 0) is 0 Å². The third-order valence-electron chi connectivity index (χ3n) is 2.73. The molecule has 0 aliphatic carbocycles. The summed E-state index contributed by atoms with van der Waals surface area (Å²) in [7, 11) is 0. The van der Waals surface area contributed by atoms with Crippen LogP contribution in [0, 0.1) is 16.0 Å². The van der Waals surface area contributed by atoms with E-state index >= 15 is 0 Å². The lowest BCUT2D eigenvalue weighted by atomic mass is 10.1. The predicted octanol–water partition coefficient (Wildman–Crippen LogP) is 2.26. The van der Waals surface area contributed by atoms with Crippen LogP contribution in [0.2, 0.25) is 5.02 Å². The molecule has 0 aliphatic rings. The zero-order chi connectivity index (χ0) is 16.0. The van der Waals surface area contributed by atoms with Crippen molar-refractivity contribution in [3.8, 4) is 0 Å². The van der Waals surface area contributed by atoms with Gasteiger partial charge in [0.05, 0.1) is 9.95 Å². The van der Waals surface area contributed by atoms with Crippen molar-refractivity contribution in [3.05, 3.63) is 32.8 Å². The highest BCUT2D eigenvalue weighted by molar-refractivity contribution is 7.98. The van der Waals surface area contributed by atoms with Crippen LogP contribution in [-0.4, -0.2) is 29.4 Å². The van der Waals surface area contributed by atoms with Crippen molar-refractivity contribution < 1.29 is 9.72 Å². The van der Waals surface area contributed by atoms with Gasteiger partial charge in [-0.05, 0) is 24.0 Å². The van der Waals surface area contributed by atoms with Crippen molar-refractivity contribution in [2.45, 2.75) is 6.92 Å². The summed E-state index contributed by atoms with van der Waals surface area (Å²) in [4.78, 5) is 22.4. The summed E-state index contributed by atoms with van der Waals surface area (Å²) in [5.74, 6) is 6.02. The third-order valence-corrected chi connectivity index (χ3v) is 3.94. The Morgan fingerprint density at radius 1 is 1.57 bits per heavy atom. The summed E-state index contributed by atoms with van der Waals surface area (Å²) < 4.78 is 0. The average Bonchev–Trinajstić information content (AvgIpc) is 2.44. The van der Waals surface area contributed by atoms with E-state index in [4.69, 9.17) is 17.4 Å². The molecule has 1 amide bonds. The molecular weight excluding hydrogens is 316 g/mol. The maximum Gasteiger partial charge on any atom is 0.295 e. The number of nitrogens with one attached hydrogen (secondary N) is 2. The lowest BCUT2D eigenvalue weighted by Gasteiger charge is -2.12. The number of nitrogens with zero attached hydrogens (tertiary/aromatic N) is 1. The largest absolute Gasteiger partial charge is 0.352 e. The number of amides is 1. The molecule has 1 atom stereocenters. The molecule has 1 aromatic carbocycles. The van der Waals surface area contributed by atoms with Gasteiger partial charge < -0.3 is 10.7 Å². The van der Waals surface area contributed by atoms with Crippen LogP contribution < -0.4 is 16.6 Å². The Bertz CT molecular complexity index is 541. The van der Waals surface area contributed by atoms with Crippen molar-refractivity contribution in [2.75, 3.05) is 24.0 Å². The molecule has 7 nitrogen and oxygen atoms in total. The molecule has 1 unspecified atom stereocenters. The van der Waals surface area contributed by atoms with Gasteiger partial charge in [-0.25, -0.2) is 0 Å². The first-order valence-electron chi connectivity index (χ1n) is 6.12. The number of carbonyl (C=O) groups excluding carboxylic acids is 1. The van der Waals surface area contributed by atoms with Gasteiger partial charge in [0.25, 0.3) is 11.6 Å². The highest BCUT2D eigenvalue weighted by atomic mass is 35.5. The lowest BCUT2D eigenvalue weighted by Crippen LogP contribution is -2.29. The molecule has 4 N–H and O–H groups in total. The fourth-order valence-corrected chi connectivity index (χ4v) is 2.68. The van der Waals surface area contributed by atoms with Crippen molar-refractivity contribution >= 4 is 40.6 Å². The number of hydrogen-bond acceptors (Lipinski definition) is 6. The first-order chi connectivity index (χ1) is 9.90. The molecule has 0 radical (unpaired) electrons. The third kappa shape index (κ3) is 4.76. The molecule has 0 spiro atoms. The number of nitrogens with two attached hydrogens (primary N) is 1. The standard InChI is InChI=1S/C12H17ClN4O3S/c1-7(6-21-2)5-15-12(18)8-3-9(13)11(16-14)10(4-8)17(19)20/h3-4,7,16H,5-6,14H2,1-2H3,(H,15,18). The van der Waals surface area contributed by atoms with E-state index in [0.717, 1.165) is 11.8 Å². The SMILES string of the molecule is CSCC(C)CNC(=O)c1cc(Cl)c(NN)c([N+](=O)[O-])c1. The van der Waals surface area contributed by atoms with Crippen molar-refractivity contribution in [1.82, 2.24) is 5.32 Å². The van der Waals surface area contributed by atoms with Gasteiger partial charge in [0.15, 0.2) is 0 Å². The number of anilines is 1. The quantitative estimate of drug-likeness (QED) is 0.401.